The molecule has 0 radical (unpaired) electrons. The van der Waals surface area contributed by atoms with E-state index in [9.17, 15) is 18.0 Å². The number of carbonyl (C=O) groups excluding carboxylic acids is 2. The first kappa shape index (κ1) is 29.5. The van der Waals surface area contributed by atoms with E-state index in [0.717, 1.165) is 16.3 Å². The minimum absolute atomic E-state index is 0.00557. The molecule has 208 valence electrons. The van der Waals surface area contributed by atoms with E-state index in [2.05, 4.69) is 5.32 Å². The van der Waals surface area contributed by atoms with Crippen LogP contribution in [0.3, 0.4) is 0 Å². The molecule has 9 nitrogen and oxygen atoms in total. The Balaban J connectivity index is 2.08. The number of methoxy groups -OCH3 is 2. The van der Waals surface area contributed by atoms with E-state index in [1.807, 2.05) is 37.3 Å². The van der Waals surface area contributed by atoms with Gasteiger partial charge in [0, 0.05) is 19.2 Å². The summed E-state index contributed by atoms with van der Waals surface area (Å²) in [5.74, 6) is -0.244. The summed E-state index contributed by atoms with van der Waals surface area (Å²) in [5.41, 5.74) is 0.939. The summed E-state index contributed by atoms with van der Waals surface area (Å²) in [5, 5.41) is 2.83. The van der Waals surface area contributed by atoms with Gasteiger partial charge >= 0.3 is 0 Å². The molecule has 0 aliphatic carbocycles. The van der Waals surface area contributed by atoms with Crippen molar-refractivity contribution in [2.45, 2.75) is 37.8 Å². The lowest BCUT2D eigenvalue weighted by Crippen LogP contribution is -2.51. The smallest absolute Gasteiger partial charge is 0.264 e. The lowest BCUT2D eigenvalue weighted by Gasteiger charge is -2.32. The van der Waals surface area contributed by atoms with Gasteiger partial charge in [-0.1, -0.05) is 55.5 Å². The molecular weight excluding hydrogens is 518 g/mol. The molecule has 0 saturated heterocycles. The third-order valence-corrected chi connectivity index (χ3v) is 7.95. The molecule has 0 spiro atoms. The number of rotatable bonds is 13. The Morgan fingerprint density at radius 2 is 1.56 bits per heavy atom. The van der Waals surface area contributed by atoms with E-state index in [1.54, 1.807) is 37.3 Å². The van der Waals surface area contributed by atoms with Crippen LogP contribution in [0.5, 0.6) is 11.5 Å². The van der Waals surface area contributed by atoms with Gasteiger partial charge in [0.05, 0.1) is 24.8 Å². The minimum atomic E-state index is -4.22. The van der Waals surface area contributed by atoms with Crippen molar-refractivity contribution in [3.05, 3.63) is 84.4 Å². The van der Waals surface area contributed by atoms with Crippen molar-refractivity contribution in [2.24, 2.45) is 0 Å². The highest BCUT2D eigenvalue weighted by atomic mass is 32.2. The van der Waals surface area contributed by atoms with Crippen LogP contribution in [0.4, 0.5) is 5.69 Å². The van der Waals surface area contributed by atoms with Gasteiger partial charge in [-0.2, -0.15) is 0 Å². The van der Waals surface area contributed by atoms with Crippen LogP contribution in [0.2, 0.25) is 0 Å². The Morgan fingerprint density at radius 1 is 0.923 bits per heavy atom. The highest BCUT2D eigenvalue weighted by Gasteiger charge is 2.34. The van der Waals surface area contributed by atoms with Crippen molar-refractivity contribution in [1.82, 2.24) is 10.2 Å². The lowest BCUT2D eigenvalue weighted by atomic mass is 10.1. The molecule has 0 aliphatic rings. The number of amides is 2. The molecule has 0 aliphatic heterocycles. The van der Waals surface area contributed by atoms with Crippen LogP contribution in [0.15, 0.2) is 83.8 Å². The van der Waals surface area contributed by atoms with Gasteiger partial charge in [-0.05, 0) is 43.2 Å². The van der Waals surface area contributed by atoms with Gasteiger partial charge in [-0.3, -0.25) is 13.9 Å². The van der Waals surface area contributed by atoms with Crippen molar-refractivity contribution in [3.8, 4) is 11.5 Å². The van der Waals surface area contributed by atoms with E-state index >= 15 is 0 Å². The van der Waals surface area contributed by atoms with Crippen LogP contribution < -0.4 is 19.1 Å². The Kier molecular flexibility index (Phi) is 10.3. The fraction of sp³-hybridized carbons (Fsp3) is 0.310. The maximum absolute atomic E-state index is 14.0. The number of nitrogens with one attached hydrogen (secondary N) is 1. The second kappa shape index (κ2) is 13.7. The van der Waals surface area contributed by atoms with Gasteiger partial charge in [0.1, 0.15) is 24.1 Å². The molecular formula is C29H35N3O6S. The molecule has 0 aromatic heterocycles. The molecule has 2 amide bonds. The number of anilines is 1. The number of benzene rings is 3. The van der Waals surface area contributed by atoms with Gasteiger partial charge in [-0.15, -0.1) is 0 Å². The molecule has 0 heterocycles. The first-order valence-electron chi connectivity index (χ1n) is 12.6. The summed E-state index contributed by atoms with van der Waals surface area (Å²) in [4.78, 5) is 28.3. The predicted octanol–water partition coefficient (Wildman–Crippen LogP) is 3.84. The molecule has 1 atom stereocenters. The fourth-order valence-corrected chi connectivity index (χ4v) is 5.42. The van der Waals surface area contributed by atoms with Crippen molar-refractivity contribution in [1.29, 1.82) is 0 Å². The van der Waals surface area contributed by atoms with Crippen LogP contribution in [-0.4, -0.2) is 58.5 Å². The number of hydrogen-bond acceptors (Lipinski definition) is 6. The monoisotopic (exact) mass is 553 g/mol. The number of nitrogens with zero attached hydrogens (tertiary/aromatic N) is 2. The number of sulfonamides is 1. The van der Waals surface area contributed by atoms with E-state index in [-0.39, 0.29) is 28.8 Å². The highest BCUT2D eigenvalue weighted by molar-refractivity contribution is 7.92. The number of ether oxygens (including phenoxy) is 2. The maximum atomic E-state index is 14.0. The fourth-order valence-electron chi connectivity index (χ4n) is 3.98. The molecule has 0 fully saturated rings. The molecule has 10 heteroatoms. The SMILES string of the molecule is CCCNC(=O)[C@@H](C)N(Cc1ccccc1)C(=O)CN(c1cc(OC)ccc1OC)S(=O)(=O)c1ccccc1. The second-order valence-corrected chi connectivity index (χ2v) is 10.7. The van der Waals surface area contributed by atoms with Crippen molar-refractivity contribution in [2.75, 3.05) is 31.6 Å². The van der Waals surface area contributed by atoms with Crippen LogP contribution >= 0.6 is 0 Å². The Bertz CT molecular complexity index is 1350. The van der Waals surface area contributed by atoms with Gasteiger partial charge < -0.3 is 19.7 Å². The van der Waals surface area contributed by atoms with Crippen molar-refractivity contribution < 1.29 is 27.5 Å². The molecule has 3 rings (SSSR count). The zero-order valence-electron chi connectivity index (χ0n) is 22.7. The first-order valence-corrected chi connectivity index (χ1v) is 14.1. The summed E-state index contributed by atoms with van der Waals surface area (Å²) in [6.07, 6.45) is 0.740. The Labute approximate surface area is 230 Å². The normalized spacial score (nSPS) is 11.8. The average Bonchev–Trinajstić information content (AvgIpc) is 2.97. The average molecular weight is 554 g/mol. The summed E-state index contributed by atoms with van der Waals surface area (Å²) < 4.78 is 39.7. The zero-order valence-corrected chi connectivity index (χ0v) is 23.5. The van der Waals surface area contributed by atoms with Crippen LogP contribution in [-0.2, 0) is 26.2 Å². The molecule has 1 N–H and O–H groups in total. The van der Waals surface area contributed by atoms with Gasteiger partial charge in [0.15, 0.2) is 0 Å². The van der Waals surface area contributed by atoms with Crippen molar-refractivity contribution in [3.63, 3.8) is 0 Å². The van der Waals surface area contributed by atoms with Crippen LogP contribution in [0.1, 0.15) is 25.8 Å². The van der Waals surface area contributed by atoms with E-state index in [1.165, 1.54) is 37.3 Å². The molecule has 0 bridgehead atoms. The van der Waals surface area contributed by atoms with Gasteiger partial charge in [-0.25, -0.2) is 8.42 Å². The highest BCUT2D eigenvalue weighted by Crippen LogP contribution is 2.35. The minimum Gasteiger partial charge on any atom is -0.497 e. The zero-order chi connectivity index (χ0) is 28.4. The molecule has 39 heavy (non-hydrogen) atoms. The summed E-state index contributed by atoms with van der Waals surface area (Å²) in [7, 11) is -1.34. The van der Waals surface area contributed by atoms with E-state index < -0.39 is 28.5 Å². The lowest BCUT2D eigenvalue weighted by molar-refractivity contribution is -0.139. The summed E-state index contributed by atoms with van der Waals surface area (Å²) in [6, 6.07) is 21.0. The Hall–Kier alpha value is -4.05. The van der Waals surface area contributed by atoms with Gasteiger partial charge in [0.2, 0.25) is 11.8 Å². The summed E-state index contributed by atoms with van der Waals surface area (Å²) >= 11 is 0. The quantitative estimate of drug-likeness (QED) is 0.345. The second-order valence-electron chi connectivity index (χ2n) is 8.84. The first-order chi connectivity index (χ1) is 18.7. The van der Waals surface area contributed by atoms with Crippen molar-refractivity contribution >= 4 is 27.5 Å². The van der Waals surface area contributed by atoms with Crippen LogP contribution in [0, 0.1) is 0 Å². The topological polar surface area (TPSA) is 105 Å². The largest absolute Gasteiger partial charge is 0.497 e. The third-order valence-electron chi connectivity index (χ3n) is 6.18. The Morgan fingerprint density at radius 3 is 2.15 bits per heavy atom. The molecule has 0 unspecified atom stereocenters. The van der Waals surface area contributed by atoms with Gasteiger partial charge in [0.25, 0.3) is 10.0 Å². The van der Waals surface area contributed by atoms with E-state index in [4.69, 9.17) is 9.47 Å². The summed E-state index contributed by atoms with van der Waals surface area (Å²) in [6.45, 7) is 3.58. The molecule has 3 aromatic carbocycles. The molecule has 3 aromatic rings. The molecule has 0 saturated carbocycles. The predicted molar refractivity (Wildman–Crippen MR) is 150 cm³/mol. The number of hydrogen-bond donors (Lipinski definition) is 1. The van der Waals surface area contributed by atoms with Crippen LogP contribution in [0.25, 0.3) is 0 Å². The van der Waals surface area contributed by atoms with E-state index in [0.29, 0.717) is 12.3 Å². The standard InChI is InChI=1S/C29H35N3O6S/c1-5-18-30-29(34)22(2)31(20-23-12-8-6-9-13-23)28(33)21-32(39(35,36)25-14-10-7-11-15-25)26-19-24(37-3)16-17-27(26)38-4/h6-17,19,22H,5,18,20-21H2,1-4H3,(H,30,34)/t22-/m1/s1. The third kappa shape index (κ3) is 7.29. The maximum Gasteiger partial charge on any atom is 0.264 e. The number of carbonyl (C=O) groups is 2.